The Morgan fingerprint density at radius 3 is 2.34 bits per heavy atom. The van der Waals surface area contributed by atoms with Gasteiger partial charge in [-0.3, -0.25) is 4.21 Å². The first-order valence-corrected chi connectivity index (χ1v) is 11.6. The molecule has 0 spiro atoms. The van der Waals surface area contributed by atoms with Crippen molar-refractivity contribution < 1.29 is 27.0 Å². The number of alkyl halides is 3. The molecule has 0 saturated heterocycles. The van der Waals surface area contributed by atoms with Crippen LogP contribution in [0.25, 0.3) is 5.69 Å². The number of nitrogens with two attached hydrogens (primary N) is 2. The Kier molecular flexibility index (Phi) is 7.06. The summed E-state index contributed by atoms with van der Waals surface area (Å²) in [4.78, 5) is 16.9. The number of nitrogen functional groups attached to an aromatic ring is 1. The van der Waals surface area contributed by atoms with E-state index in [-0.39, 0.29) is 28.0 Å². The summed E-state index contributed by atoms with van der Waals surface area (Å²) in [6.45, 7) is 0. The van der Waals surface area contributed by atoms with Crippen LogP contribution in [0.5, 0.6) is 0 Å². The number of amidine groups is 1. The fourth-order valence-electron chi connectivity index (χ4n) is 3.34. The number of rotatable bonds is 5. The van der Waals surface area contributed by atoms with E-state index in [0.717, 1.165) is 17.5 Å². The second-order valence-electron chi connectivity index (χ2n) is 7.08. The van der Waals surface area contributed by atoms with Crippen molar-refractivity contribution in [1.29, 1.82) is 0 Å². The second kappa shape index (κ2) is 9.28. The van der Waals surface area contributed by atoms with Gasteiger partial charge in [0.1, 0.15) is 22.1 Å². The zero-order chi connectivity index (χ0) is 23.8. The van der Waals surface area contributed by atoms with E-state index >= 15 is 0 Å². The van der Waals surface area contributed by atoms with E-state index in [0.29, 0.717) is 25.0 Å². The lowest BCUT2D eigenvalue weighted by Crippen LogP contribution is -2.20. The highest BCUT2D eigenvalue weighted by Gasteiger charge is 2.33. The van der Waals surface area contributed by atoms with E-state index in [1.54, 1.807) is 0 Å². The minimum Gasteiger partial charge on any atom is -0.383 e. The molecule has 1 aromatic heterocycles. The smallest absolute Gasteiger partial charge is 0.383 e. The minimum absolute atomic E-state index is 0.0739. The highest BCUT2D eigenvalue weighted by atomic mass is 35.5. The Hall–Kier alpha value is -2.31. The molecule has 0 amide bonds. The first-order valence-electron chi connectivity index (χ1n) is 9.25. The Bertz CT molecular complexity index is 1090. The molecule has 1 heterocycles. The monoisotopic (exact) mass is 511 g/mol. The maximum absolute atomic E-state index is 13.0. The van der Waals surface area contributed by atoms with E-state index in [1.165, 1.54) is 6.26 Å². The lowest BCUT2D eigenvalue weighted by Gasteiger charge is -2.13. The standard InChI is InChI=1S/C18H18Cl2F3N5O3S/c1-32(30)14-12(15(24)27-31-17(29)8-4-2-3-5-8)26-28(16(14)25)13-10(19)6-9(7-11(13)20)18(21,22)23/h6-8H,2-5,25H2,1H3,(H2,24,27). The van der Waals surface area contributed by atoms with E-state index in [9.17, 15) is 22.2 Å². The van der Waals surface area contributed by atoms with Crippen molar-refractivity contribution in [2.45, 2.75) is 36.8 Å². The minimum atomic E-state index is -4.68. The summed E-state index contributed by atoms with van der Waals surface area (Å²) in [6.07, 6.45) is -0.199. The van der Waals surface area contributed by atoms with Gasteiger partial charge >= 0.3 is 12.1 Å². The van der Waals surface area contributed by atoms with Gasteiger partial charge < -0.3 is 16.3 Å². The number of carbonyl (C=O) groups is 1. The highest BCUT2D eigenvalue weighted by Crippen LogP contribution is 2.39. The average molecular weight is 512 g/mol. The van der Waals surface area contributed by atoms with Crippen molar-refractivity contribution >= 4 is 51.6 Å². The molecule has 3 rings (SSSR count). The van der Waals surface area contributed by atoms with Gasteiger partial charge in [-0.1, -0.05) is 41.2 Å². The Balaban J connectivity index is 2.04. The lowest BCUT2D eigenvalue weighted by molar-refractivity contribution is -0.148. The predicted molar refractivity (Wildman–Crippen MR) is 114 cm³/mol. The molecule has 4 N–H and O–H groups in total. The second-order valence-corrected chi connectivity index (χ2v) is 9.21. The molecule has 14 heteroatoms. The summed E-state index contributed by atoms with van der Waals surface area (Å²) < 4.78 is 52.3. The zero-order valence-corrected chi connectivity index (χ0v) is 18.9. The van der Waals surface area contributed by atoms with Crippen LogP contribution in [0, 0.1) is 5.92 Å². The van der Waals surface area contributed by atoms with Gasteiger partial charge in [0.2, 0.25) is 0 Å². The summed E-state index contributed by atoms with van der Waals surface area (Å²) in [5.41, 5.74) is 10.5. The third-order valence-corrected chi connectivity index (χ3v) is 6.44. The van der Waals surface area contributed by atoms with Gasteiger partial charge in [-0.2, -0.15) is 18.3 Å². The largest absolute Gasteiger partial charge is 0.416 e. The van der Waals surface area contributed by atoms with Crippen LogP contribution in [0.4, 0.5) is 19.0 Å². The molecule has 1 atom stereocenters. The van der Waals surface area contributed by atoms with Crippen molar-refractivity contribution in [3.63, 3.8) is 0 Å². The van der Waals surface area contributed by atoms with Gasteiger partial charge in [-0.25, -0.2) is 9.48 Å². The SMILES string of the molecule is CS(=O)c1c(/C(N)=N/OC(=O)C2CCCC2)nn(-c2c(Cl)cc(C(F)(F)F)cc2Cl)c1N. The van der Waals surface area contributed by atoms with E-state index < -0.39 is 44.4 Å². The Labute approximate surface area is 193 Å². The number of carbonyl (C=O) groups excluding carboxylic acids is 1. The third kappa shape index (κ3) is 4.86. The fraction of sp³-hybridized carbons (Fsp3) is 0.389. The molecule has 8 nitrogen and oxygen atoms in total. The van der Waals surface area contributed by atoms with Gasteiger partial charge in [0.15, 0.2) is 5.84 Å². The number of aromatic nitrogens is 2. The van der Waals surface area contributed by atoms with Gasteiger partial charge in [0, 0.05) is 6.26 Å². The molecule has 0 radical (unpaired) electrons. The summed E-state index contributed by atoms with van der Waals surface area (Å²) >= 11 is 12.1. The van der Waals surface area contributed by atoms with Crippen LogP contribution in [0.2, 0.25) is 10.0 Å². The summed E-state index contributed by atoms with van der Waals surface area (Å²) in [5, 5.41) is 6.88. The van der Waals surface area contributed by atoms with E-state index in [4.69, 9.17) is 39.5 Å². The fourth-order valence-corrected chi connectivity index (χ4v) is 4.79. The number of oxime groups is 1. The van der Waals surface area contributed by atoms with Crippen LogP contribution in [0.15, 0.2) is 22.2 Å². The molecule has 174 valence electrons. The summed E-state index contributed by atoms with van der Waals surface area (Å²) in [6, 6.07) is 1.32. The van der Waals surface area contributed by atoms with Crippen molar-refractivity contribution in [1.82, 2.24) is 9.78 Å². The number of hydrogen-bond acceptors (Lipinski definition) is 6. The van der Waals surface area contributed by atoms with Crippen LogP contribution in [-0.4, -0.2) is 32.1 Å². The van der Waals surface area contributed by atoms with Gasteiger partial charge in [-0.05, 0) is 25.0 Å². The molecule has 1 saturated carbocycles. The molecule has 1 unspecified atom stereocenters. The molecule has 0 bridgehead atoms. The zero-order valence-electron chi connectivity index (χ0n) is 16.6. The molecule has 2 aromatic rings. The maximum atomic E-state index is 13.0. The van der Waals surface area contributed by atoms with E-state index in [2.05, 4.69) is 10.3 Å². The molecule has 1 fully saturated rings. The number of hydrogen-bond donors (Lipinski definition) is 2. The van der Waals surface area contributed by atoms with Crippen LogP contribution in [-0.2, 0) is 26.6 Å². The van der Waals surface area contributed by atoms with Crippen molar-refractivity contribution in [3.8, 4) is 5.69 Å². The molecular formula is C18H18Cl2F3N5O3S. The highest BCUT2D eigenvalue weighted by molar-refractivity contribution is 7.84. The molecule has 32 heavy (non-hydrogen) atoms. The van der Waals surface area contributed by atoms with Crippen molar-refractivity contribution in [3.05, 3.63) is 33.4 Å². The van der Waals surface area contributed by atoms with Crippen LogP contribution < -0.4 is 11.5 Å². The average Bonchev–Trinajstić information content (AvgIpc) is 3.33. The van der Waals surface area contributed by atoms with Crippen LogP contribution in [0.1, 0.15) is 36.9 Å². The normalized spacial score (nSPS) is 16.4. The van der Waals surface area contributed by atoms with Crippen molar-refractivity contribution in [2.24, 2.45) is 16.8 Å². The van der Waals surface area contributed by atoms with Crippen molar-refractivity contribution in [2.75, 3.05) is 12.0 Å². The molecular weight excluding hydrogens is 494 g/mol. The predicted octanol–water partition coefficient (Wildman–Crippen LogP) is 3.87. The third-order valence-electron chi connectivity index (χ3n) is 4.88. The number of nitrogens with zero attached hydrogens (tertiary/aromatic N) is 3. The molecule has 1 aromatic carbocycles. The topological polar surface area (TPSA) is 126 Å². The first-order chi connectivity index (χ1) is 14.9. The Morgan fingerprint density at radius 2 is 1.84 bits per heavy atom. The van der Waals surface area contributed by atoms with Gasteiger partial charge in [0.25, 0.3) is 0 Å². The molecule has 0 aliphatic heterocycles. The number of halogens is 5. The lowest BCUT2D eigenvalue weighted by atomic mass is 10.1. The maximum Gasteiger partial charge on any atom is 0.416 e. The van der Waals surface area contributed by atoms with Crippen LogP contribution in [0.3, 0.4) is 0 Å². The van der Waals surface area contributed by atoms with Crippen LogP contribution >= 0.6 is 23.2 Å². The number of anilines is 1. The molecule has 1 aliphatic rings. The van der Waals surface area contributed by atoms with Gasteiger partial charge in [0.05, 0.1) is 32.3 Å². The number of benzene rings is 1. The van der Waals surface area contributed by atoms with Gasteiger partial charge in [-0.15, -0.1) is 0 Å². The summed E-state index contributed by atoms with van der Waals surface area (Å²) in [5.74, 6) is -1.46. The molecule has 1 aliphatic carbocycles. The Morgan fingerprint density at radius 1 is 1.28 bits per heavy atom. The quantitative estimate of drug-likeness (QED) is 0.271. The summed E-state index contributed by atoms with van der Waals surface area (Å²) in [7, 11) is -1.75. The van der Waals surface area contributed by atoms with E-state index in [1.807, 2.05) is 0 Å². The first kappa shape index (κ1) is 24.3.